The first-order chi connectivity index (χ1) is 8.72. The molecule has 3 aliphatic rings. The van der Waals surface area contributed by atoms with Gasteiger partial charge in [0.05, 0.1) is 0 Å². The van der Waals surface area contributed by atoms with Crippen molar-refractivity contribution in [3.05, 3.63) is 0 Å². The Morgan fingerprint density at radius 3 is 2.17 bits per heavy atom. The first-order valence-corrected chi connectivity index (χ1v) is 8.48. The van der Waals surface area contributed by atoms with Gasteiger partial charge in [-0.05, 0) is 68.6 Å². The lowest BCUT2D eigenvalue weighted by molar-refractivity contribution is 0.185. The van der Waals surface area contributed by atoms with Gasteiger partial charge in [0.15, 0.2) is 0 Å². The van der Waals surface area contributed by atoms with Crippen molar-refractivity contribution in [2.75, 3.05) is 0 Å². The fourth-order valence-corrected chi connectivity index (χ4v) is 4.41. The quantitative estimate of drug-likeness (QED) is 0.783. The van der Waals surface area contributed by atoms with Crippen LogP contribution in [0, 0.1) is 23.7 Å². The first-order valence-electron chi connectivity index (χ1n) is 8.48. The molecule has 0 amide bonds. The molecule has 0 aliphatic heterocycles. The van der Waals surface area contributed by atoms with E-state index in [0.29, 0.717) is 0 Å². The summed E-state index contributed by atoms with van der Waals surface area (Å²) in [5.41, 5.74) is 0. The summed E-state index contributed by atoms with van der Waals surface area (Å²) in [6, 6.07) is 1.69. The van der Waals surface area contributed by atoms with Crippen molar-refractivity contribution in [3.8, 4) is 0 Å². The minimum absolute atomic E-state index is 0.833. The zero-order chi connectivity index (χ0) is 12.5. The Bertz CT molecular complexity index is 271. The van der Waals surface area contributed by atoms with E-state index >= 15 is 0 Å². The monoisotopic (exact) mass is 249 g/mol. The van der Waals surface area contributed by atoms with Crippen molar-refractivity contribution in [1.29, 1.82) is 0 Å². The van der Waals surface area contributed by atoms with E-state index in [4.69, 9.17) is 0 Å². The Morgan fingerprint density at radius 1 is 0.667 bits per heavy atom. The number of nitrogens with one attached hydrogen (secondary N) is 1. The molecule has 0 spiro atoms. The van der Waals surface area contributed by atoms with Crippen molar-refractivity contribution >= 4 is 0 Å². The van der Waals surface area contributed by atoms with E-state index < -0.39 is 0 Å². The van der Waals surface area contributed by atoms with Crippen LogP contribution in [0.2, 0.25) is 0 Å². The molecule has 18 heavy (non-hydrogen) atoms. The van der Waals surface area contributed by atoms with Gasteiger partial charge < -0.3 is 5.32 Å². The summed E-state index contributed by atoms with van der Waals surface area (Å²) in [6.07, 6.45) is 13.3. The van der Waals surface area contributed by atoms with E-state index in [0.717, 1.165) is 35.8 Å². The van der Waals surface area contributed by atoms with Crippen molar-refractivity contribution in [1.82, 2.24) is 5.32 Å². The van der Waals surface area contributed by atoms with Crippen LogP contribution in [-0.4, -0.2) is 12.1 Å². The third-order valence-corrected chi connectivity index (χ3v) is 6.07. The zero-order valence-electron chi connectivity index (χ0n) is 12.3. The average molecular weight is 249 g/mol. The van der Waals surface area contributed by atoms with E-state index in [-0.39, 0.29) is 0 Å². The molecule has 1 heteroatoms. The highest BCUT2D eigenvalue weighted by atomic mass is 15.0. The van der Waals surface area contributed by atoms with Crippen molar-refractivity contribution in [2.24, 2.45) is 23.7 Å². The average Bonchev–Trinajstić information content (AvgIpc) is 3.18. The minimum atomic E-state index is 0.833. The van der Waals surface area contributed by atoms with Crippen LogP contribution in [0.4, 0.5) is 0 Å². The maximum atomic E-state index is 4.02. The molecule has 0 aromatic rings. The van der Waals surface area contributed by atoms with Crippen LogP contribution in [0.25, 0.3) is 0 Å². The van der Waals surface area contributed by atoms with Crippen LogP contribution in [0.5, 0.6) is 0 Å². The Hall–Kier alpha value is -0.0400. The van der Waals surface area contributed by atoms with Crippen LogP contribution in [0.3, 0.4) is 0 Å². The molecule has 3 aliphatic carbocycles. The zero-order valence-corrected chi connectivity index (χ0v) is 12.3. The lowest BCUT2D eigenvalue weighted by Crippen LogP contribution is -2.44. The van der Waals surface area contributed by atoms with Crippen molar-refractivity contribution < 1.29 is 0 Å². The first kappa shape index (κ1) is 13.0. The maximum Gasteiger partial charge on any atom is 0.00723 e. The smallest absolute Gasteiger partial charge is 0.00723 e. The molecule has 3 saturated carbocycles. The molecule has 0 heterocycles. The molecule has 5 unspecified atom stereocenters. The molecule has 3 fully saturated rings. The second kappa shape index (κ2) is 5.53. The van der Waals surface area contributed by atoms with E-state index in [1.54, 1.807) is 0 Å². The summed E-state index contributed by atoms with van der Waals surface area (Å²) < 4.78 is 0. The molecule has 0 bridgehead atoms. The Kier molecular flexibility index (Phi) is 3.98. The molecule has 1 N–H and O–H groups in total. The van der Waals surface area contributed by atoms with Gasteiger partial charge >= 0.3 is 0 Å². The molecule has 0 aromatic heterocycles. The SMILES string of the molecule is CC1CCC(NC2CCCC(C3CC3)C2)CC1C. The second-order valence-electron chi connectivity index (χ2n) is 7.59. The molecule has 0 aromatic carbocycles. The van der Waals surface area contributed by atoms with Gasteiger partial charge in [0.25, 0.3) is 0 Å². The molecular weight excluding hydrogens is 218 g/mol. The van der Waals surface area contributed by atoms with Crippen LogP contribution in [0.1, 0.15) is 71.6 Å². The van der Waals surface area contributed by atoms with Gasteiger partial charge in [-0.2, -0.15) is 0 Å². The summed E-state index contributed by atoms with van der Waals surface area (Å²) in [5.74, 6) is 4.09. The molecule has 104 valence electrons. The summed E-state index contributed by atoms with van der Waals surface area (Å²) in [4.78, 5) is 0. The molecule has 3 rings (SSSR count). The topological polar surface area (TPSA) is 12.0 Å². The van der Waals surface area contributed by atoms with E-state index in [9.17, 15) is 0 Å². The fraction of sp³-hybridized carbons (Fsp3) is 1.00. The largest absolute Gasteiger partial charge is 0.311 e. The standard InChI is InChI=1S/C17H31N/c1-12-6-9-17(10-13(12)2)18-16-5-3-4-15(11-16)14-7-8-14/h12-18H,3-11H2,1-2H3. The van der Waals surface area contributed by atoms with Gasteiger partial charge in [0, 0.05) is 12.1 Å². The van der Waals surface area contributed by atoms with Gasteiger partial charge in [-0.1, -0.05) is 26.7 Å². The third kappa shape index (κ3) is 3.10. The van der Waals surface area contributed by atoms with Crippen LogP contribution < -0.4 is 5.32 Å². The van der Waals surface area contributed by atoms with Gasteiger partial charge in [-0.25, -0.2) is 0 Å². The van der Waals surface area contributed by atoms with Crippen LogP contribution in [-0.2, 0) is 0 Å². The van der Waals surface area contributed by atoms with Crippen LogP contribution >= 0.6 is 0 Å². The van der Waals surface area contributed by atoms with Gasteiger partial charge in [-0.15, -0.1) is 0 Å². The minimum Gasteiger partial charge on any atom is -0.311 e. The normalized spacial score (nSPS) is 46.0. The van der Waals surface area contributed by atoms with Gasteiger partial charge in [-0.3, -0.25) is 0 Å². The van der Waals surface area contributed by atoms with E-state index in [1.165, 1.54) is 57.8 Å². The Balaban J connectivity index is 1.46. The van der Waals surface area contributed by atoms with Gasteiger partial charge in [0.2, 0.25) is 0 Å². The van der Waals surface area contributed by atoms with Gasteiger partial charge in [0.1, 0.15) is 0 Å². The number of hydrogen-bond donors (Lipinski definition) is 1. The third-order valence-electron chi connectivity index (χ3n) is 6.07. The molecule has 0 saturated heterocycles. The summed E-state index contributed by atoms with van der Waals surface area (Å²) in [5, 5.41) is 4.02. The van der Waals surface area contributed by atoms with Crippen LogP contribution in [0.15, 0.2) is 0 Å². The Labute approximate surface area is 113 Å². The van der Waals surface area contributed by atoms with E-state index in [2.05, 4.69) is 19.2 Å². The Morgan fingerprint density at radius 2 is 1.44 bits per heavy atom. The predicted molar refractivity (Wildman–Crippen MR) is 77.6 cm³/mol. The van der Waals surface area contributed by atoms with Crippen molar-refractivity contribution in [2.45, 2.75) is 83.7 Å². The molecule has 0 radical (unpaired) electrons. The lowest BCUT2D eigenvalue weighted by atomic mass is 9.77. The summed E-state index contributed by atoms with van der Waals surface area (Å²) >= 11 is 0. The maximum absolute atomic E-state index is 4.02. The number of hydrogen-bond acceptors (Lipinski definition) is 1. The highest BCUT2D eigenvalue weighted by molar-refractivity contribution is 4.90. The lowest BCUT2D eigenvalue weighted by Gasteiger charge is -2.37. The van der Waals surface area contributed by atoms with Crippen molar-refractivity contribution in [3.63, 3.8) is 0 Å². The van der Waals surface area contributed by atoms with E-state index in [1.807, 2.05) is 0 Å². The molecule has 1 nitrogen and oxygen atoms in total. The second-order valence-corrected chi connectivity index (χ2v) is 7.59. The summed E-state index contributed by atoms with van der Waals surface area (Å²) in [6.45, 7) is 4.89. The highest BCUT2D eigenvalue weighted by Crippen LogP contribution is 2.44. The predicted octanol–water partition coefficient (Wildman–Crippen LogP) is 4.37. The number of rotatable bonds is 3. The fourth-order valence-electron chi connectivity index (χ4n) is 4.41. The summed E-state index contributed by atoms with van der Waals surface area (Å²) in [7, 11) is 0. The highest BCUT2D eigenvalue weighted by Gasteiger charge is 2.35. The molecule has 5 atom stereocenters. The molecular formula is C17H31N.